The van der Waals surface area contributed by atoms with Crippen LogP contribution in [0.3, 0.4) is 0 Å². The van der Waals surface area contributed by atoms with Crippen LogP contribution >= 0.6 is 0 Å². The Morgan fingerprint density at radius 3 is 2.92 bits per heavy atom. The van der Waals surface area contributed by atoms with Gasteiger partial charge in [-0.15, -0.1) is 0 Å². The van der Waals surface area contributed by atoms with Gasteiger partial charge in [0.05, 0.1) is 23.0 Å². The molecule has 2 heterocycles. The fraction of sp³-hybridized carbons (Fsp3) is 0.857. The van der Waals surface area contributed by atoms with E-state index in [-0.39, 0.29) is 17.4 Å². The highest BCUT2D eigenvalue weighted by atomic mass is 32.2. The van der Waals surface area contributed by atoms with Crippen LogP contribution in [0.4, 0.5) is 0 Å². The first-order chi connectivity index (χ1) is 5.58. The molecule has 2 fully saturated rings. The summed E-state index contributed by atoms with van der Waals surface area (Å²) >= 11 is 0. The van der Waals surface area contributed by atoms with Crippen LogP contribution < -0.4 is 5.32 Å². The Morgan fingerprint density at radius 1 is 1.58 bits per heavy atom. The summed E-state index contributed by atoms with van der Waals surface area (Å²) in [4.78, 5) is 0. The van der Waals surface area contributed by atoms with E-state index in [2.05, 4.69) is 11.4 Å². The maximum Gasteiger partial charge on any atom is 0.152 e. The topological polar surface area (TPSA) is 70.0 Å². The molecule has 2 aliphatic rings. The number of fused-ring (bicyclic) bond motifs is 1. The molecule has 1 N–H and O–H groups in total. The smallest absolute Gasteiger partial charge is 0.152 e. The second-order valence-corrected chi connectivity index (χ2v) is 5.76. The molecule has 0 radical (unpaired) electrons. The SMILES string of the molecule is N#CC12CNCC1CS(=O)(=O)C2. The normalized spacial score (nSPS) is 43.8. The zero-order valence-electron chi connectivity index (χ0n) is 6.58. The maximum absolute atomic E-state index is 11.2. The van der Waals surface area contributed by atoms with Crippen molar-refractivity contribution in [2.75, 3.05) is 24.6 Å². The van der Waals surface area contributed by atoms with E-state index in [0.29, 0.717) is 13.1 Å². The van der Waals surface area contributed by atoms with Crippen molar-refractivity contribution in [3.63, 3.8) is 0 Å². The molecule has 2 atom stereocenters. The molecule has 4 nitrogen and oxygen atoms in total. The largest absolute Gasteiger partial charge is 0.315 e. The molecule has 0 saturated carbocycles. The van der Waals surface area contributed by atoms with Gasteiger partial charge in [-0.25, -0.2) is 8.42 Å². The molecule has 0 aromatic carbocycles. The number of hydrogen-bond acceptors (Lipinski definition) is 4. The van der Waals surface area contributed by atoms with Crippen molar-refractivity contribution in [2.45, 2.75) is 0 Å². The van der Waals surface area contributed by atoms with E-state index in [1.165, 1.54) is 0 Å². The number of rotatable bonds is 0. The summed E-state index contributed by atoms with van der Waals surface area (Å²) in [5.74, 6) is 0.259. The first-order valence-corrected chi connectivity index (χ1v) is 5.73. The van der Waals surface area contributed by atoms with Gasteiger partial charge in [0.15, 0.2) is 9.84 Å². The molecule has 0 amide bonds. The fourth-order valence-electron chi connectivity index (χ4n) is 2.12. The molecule has 5 heteroatoms. The van der Waals surface area contributed by atoms with Crippen LogP contribution in [0.25, 0.3) is 0 Å². The van der Waals surface area contributed by atoms with E-state index < -0.39 is 15.3 Å². The van der Waals surface area contributed by atoms with Crippen molar-refractivity contribution in [1.29, 1.82) is 5.26 Å². The highest BCUT2D eigenvalue weighted by molar-refractivity contribution is 7.91. The second kappa shape index (κ2) is 2.21. The number of sulfone groups is 1. The Hall–Kier alpha value is -0.600. The van der Waals surface area contributed by atoms with Gasteiger partial charge in [-0.05, 0) is 0 Å². The minimum absolute atomic E-state index is 0.0208. The Balaban J connectivity index is 2.40. The van der Waals surface area contributed by atoms with Gasteiger partial charge in [-0.3, -0.25) is 0 Å². The third-order valence-corrected chi connectivity index (χ3v) is 4.63. The molecule has 0 aromatic heterocycles. The van der Waals surface area contributed by atoms with Gasteiger partial charge in [0.1, 0.15) is 0 Å². The van der Waals surface area contributed by atoms with Crippen LogP contribution in [0.1, 0.15) is 0 Å². The molecule has 12 heavy (non-hydrogen) atoms. The van der Waals surface area contributed by atoms with Gasteiger partial charge >= 0.3 is 0 Å². The summed E-state index contributed by atoms with van der Waals surface area (Å²) in [7, 11) is -2.94. The van der Waals surface area contributed by atoms with Crippen LogP contribution in [0.15, 0.2) is 0 Å². The van der Waals surface area contributed by atoms with Crippen molar-refractivity contribution in [1.82, 2.24) is 5.32 Å². The molecule has 66 valence electrons. The predicted octanol–water partition coefficient (Wildman–Crippen LogP) is -0.856. The van der Waals surface area contributed by atoms with Crippen molar-refractivity contribution in [2.24, 2.45) is 11.3 Å². The first-order valence-electron chi connectivity index (χ1n) is 3.90. The van der Waals surface area contributed by atoms with Gasteiger partial charge < -0.3 is 5.32 Å². The lowest BCUT2D eigenvalue weighted by Gasteiger charge is -2.15. The predicted molar refractivity (Wildman–Crippen MR) is 43.1 cm³/mol. The van der Waals surface area contributed by atoms with E-state index in [1.54, 1.807) is 0 Å². The minimum atomic E-state index is -2.94. The lowest BCUT2D eigenvalue weighted by Crippen LogP contribution is -2.27. The molecule has 2 aliphatic heterocycles. The quantitative estimate of drug-likeness (QED) is 0.534. The molecule has 2 unspecified atom stereocenters. The average Bonchev–Trinajstić information content (AvgIpc) is 2.40. The van der Waals surface area contributed by atoms with Gasteiger partial charge in [0.2, 0.25) is 0 Å². The summed E-state index contributed by atoms with van der Waals surface area (Å²) in [5, 5.41) is 12.0. The summed E-state index contributed by atoms with van der Waals surface area (Å²) in [6.07, 6.45) is 0. The third kappa shape index (κ3) is 0.952. The highest BCUT2D eigenvalue weighted by Gasteiger charge is 2.53. The maximum atomic E-state index is 11.2. The van der Waals surface area contributed by atoms with E-state index in [9.17, 15) is 8.42 Å². The number of nitriles is 1. The van der Waals surface area contributed by atoms with Gasteiger partial charge in [-0.1, -0.05) is 0 Å². The van der Waals surface area contributed by atoms with Crippen LogP contribution in [0.5, 0.6) is 0 Å². The van der Waals surface area contributed by atoms with Crippen LogP contribution in [0.2, 0.25) is 0 Å². The van der Waals surface area contributed by atoms with Gasteiger partial charge in [0.25, 0.3) is 0 Å². The molecular formula is C7H10N2O2S. The summed E-state index contributed by atoms with van der Waals surface area (Å²) in [6.45, 7) is 1.21. The second-order valence-electron chi connectivity index (χ2n) is 3.65. The van der Waals surface area contributed by atoms with E-state index in [0.717, 1.165) is 0 Å². The lowest BCUT2D eigenvalue weighted by atomic mass is 9.83. The summed E-state index contributed by atoms with van der Waals surface area (Å²) in [6, 6.07) is 2.15. The Labute approximate surface area is 71.5 Å². The van der Waals surface area contributed by atoms with Crippen molar-refractivity contribution < 1.29 is 8.42 Å². The highest BCUT2D eigenvalue weighted by Crippen LogP contribution is 2.39. The summed E-state index contributed by atoms with van der Waals surface area (Å²) in [5.41, 5.74) is -0.612. The molecule has 0 bridgehead atoms. The van der Waals surface area contributed by atoms with Crippen LogP contribution in [-0.4, -0.2) is 33.0 Å². The third-order valence-electron chi connectivity index (χ3n) is 2.77. The first kappa shape index (κ1) is 8.02. The Morgan fingerprint density at radius 2 is 2.33 bits per heavy atom. The number of hydrogen-bond donors (Lipinski definition) is 1. The van der Waals surface area contributed by atoms with E-state index >= 15 is 0 Å². The van der Waals surface area contributed by atoms with Gasteiger partial charge in [0, 0.05) is 19.0 Å². The number of nitrogens with zero attached hydrogens (tertiary/aromatic N) is 1. The summed E-state index contributed by atoms with van der Waals surface area (Å²) < 4.78 is 22.5. The fourth-order valence-corrected chi connectivity index (χ4v) is 4.47. The Kier molecular flexibility index (Phi) is 1.48. The molecule has 2 rings (SSSR count). The number of nitrogens with one attached hydrogen (secondary N) is 1. The standard InChI is InChI=1S/C7H10N2O2S/c8-3-7-4-9-1-6(7)2-12(10,11)5-7/h6,9H,1-2,4-5H2. The zero-order chi connectivity index (χ0) is 8.82. The average molecular weight is 186 g/mol. The van der Waals surface area contributed by atoms with Crippen LogP contribution in [0, 0.1) is 22.7 Å². The minimum Gasteiger partial charge on any atom is -0.315 e. The van der Waals surface area contributed by atoms with Gasteiger partial charge in [-0.2, -0.15) is 5.26 Å². The van der Waals surface area contributed by atoms with E-state index in [4.69, 9.17) is 5.26 Å². The van der Waals surface area contributed by atoms with Crippen molar-refractivity contribution in [3.8, 4) is 6.07 Å². The molecular weight excluding hydrogens is 176 g/mol. The van der Waals surface area contributed by atoms with Crippen molar-refractivity contribution >= 4 is 9.84 Å². The molecule has 0 aromatic rings. The molecule has 0 aliphatic carbocycles. The zero-order valence-corrected chi connectivity index (χ0v) is 7.39. The van der Waals surface area contributed by atoms with Crippen molar-refractivity contribution in [3.05, 3.63) is 0 Å². The Bertz CT molecular complexity index is 343. The monoisotopic (exact) mass is 186 g/mol. The van der Waals surface area contributed by atoms with E-state index in [1.807, 2.05) is 0 Å². The lowest BCUT2D eigenvalue weighted by molar-refractivity contribution is 0.410. The molecule has 0 spiro atoms. The van der Waals surface area contributed by atoms with Crippen LogP contribution in [-0.2, 0) is 9.84 Å². The molecule has 2 saturated heterocycles.